The standard InChI is InChI=1S/C16H18N2/c1-2-4-13(5-3-1)14-6-8-15(9-7-14)16-12-17-10-11-18-16/h1-9,16-18H,10-12H2/t16-/m1/s1. The van der Waals surface area contributed by atoms with Crippen LogP contribution in [0.5, 0.6) is 0 Å². The summed E-state index contributed by atoms with van der Waals surface area (Å²) in [5, 5.41) is 6.95. The molecule has 1 heterocycles. The van der Waals surface area contributed by atoms with Gasteiger partial charge in [-0.15, -0.1) is 0 Å². The maximum atomic E-state index is 3.53. The minimum atomic E-state index is 0.448. The van der Waals surface area contributed by atoms with Crippen LogP contribution in [-0.4, -0.2) is 19.6 Å². The van der Waals surface area contributed by atoms with E-state index in [1.807, 2.05) is 0 Å². The molecule has 1 aliphatic heterocycles. The molecule has 0 radical (unpaired) electrons. The Morgan fingerprint density at radius 1 is 0.778 bits per heavy atom. The summed E-state index contributed by atoms with van der Waals surface area (Å²) in [5.41, 5.74) is 3.92. The lowest BCUT2D eigenvalue weighted by molar-refractivity contribution is 0.430. The van der Waals surface area contributed by atoms with Crippen molar-refractivity contribution < 1.29 is 0 Å². The molecule has 1 atom stereocenters. The fraction of sp³-hybridized carbons (Fsp3) is 0.250. The first-order chi connectivity index (χ1) is 8.93. The first-order valence-electron chi connectivity index (χ1n) is 6.53. The minimum absolute atomic E-state index is 0.448. The van der Waals surface area contributed by atoms with Crippen molar-refractivity contribution in [2.75, 3.05) is 19.6 Å². The highest BCUT2D eigenvalue weighted by molar-refractivity contribution is 5.63. The van der Waals surface area contributed by atoms with Crippen molar-refractivity contribution in [3.63, 3.8) is 0 Å². The predicted octanol–water partition coefficient (Wildman–Crippen LogP) is 2.59. The SMILES string of the molecule is c1ccc(-c2ccc([C@H]3CNCCN3)cc2)cc1. The fourth-order valence-corrected chi connectivity index (χ4v) is 2.43. The summed E-state index contributed by atoms with van der Waals surface area (Å²) < 4.78 is 0. The second-order valence-electron chi connectivity index (χ2n) is 4.70. The van der Waals surface area contributed by atoms with Gasteiger partial charge in [-0.1, -0.05) is 54.6 Å². The topological polar surface area (TPSA) is 24.1 Å². The van der Waals surface area contributed by atoms with Crippen LogP contribution in [0, 0.1) is 0 Å². The van der Waals surface area contributed by atoms with Crippen molar-refractivity contribution in [3.05, 3.63) is 60.2 Å². The maximum Gasteiger partial charge on any atom is 0.0447 e. The molecule has 0 unspecified atom stereocenters. The highest BCUT2D eigenvalue weighted by Gasteiger charge is 2.13. The molecule has 1 fully saturated rings. The Kier molecular flexibility index (Phi) is 3.40. The van der Waals surface area contributed by atoms with Gasteiger partial charge in [0.05, 0.1) is 0 Å². The Bertz CT molecular complexity index is 484. The van der Waals surface area contributed by atoms with E-state index in [-0.39, 0.29) is 0 Å². The molecule has 1 aliphatic rings. The third-order valence-electron chi connectivity index (χ3n) is 3.46. The Morgan fingerprint density at radius 3 is 2.17 bits per heavy atom. The van der Waals surface area contributed by atoms with Crippen LogP contribution >= 0.6 is 0 Å². The Labute approximate surface area is 108 Å². The predicted molar refractivity (Wildman–Crippen MR) is 75.5 cm³/mol. The van der Waals surface area contributed by atoms with Gasteiger partial charge in [0.25, 0.3) is 0 Å². The number of benzene rings is 2. The van der Waals surface area contributed by atoms with E-state index in [0.29, 0.717) is 6.04 Å². The quantitative estimate of drug-likeness (QED) is 0.840. The summed E-state index contributed by atoms with van der Waals surface area (Å²) in [4.78, 5) is 0. The first kappa shape index (κ1) is 11.5. The van der Waals surface area contributed by atoms with Crippen LogP contribution in [-0.2, 0) is 0 Å². The number of nitrogens with one attached hydrogen (secondary N) is 2. The molecule has 2 heteroatoms. The Morgan fingerprint density at radius 2 is 1.50 bits per heavy atom. The van der Waals surface area contributed by atoms with Gasteiger partial charge < -0.3 is 10.6 Å². The lowest BCUT2D eigenvalue weighted by Crippen LogP contribution is -2.42. The van der Waals surface area contributed by atoms with Crippen molar-refractivity contribution in [3.8, 4) is 11.1 Å². The fourth-order valence-electron chi connectivity index (χ4n) is 2.43. The monoisotopic (exact) mass is 238 g/mol. The van der Waals surface area contributed by atoms with Gasteiger partial charge in [0.15, 0.2) is 0 Å². The van der Waals surface area contributed by atoms with Gasteiger partial charge in [-0.2, -0.15) is 0 Å². The summed E-state index contributed by atoms with van der Waals surface area (Å²) in [6.07, 6.45) is 0. The molecule has 2 aromatic rings. The molecule has 3 rings (SSSR count). The van der Waals surface area contributed by atoms with E-state index in [1.165, 1.54) is 16.7 Å². The summed E-state index contributed by atoms with van der Waals surface area (Å²) in [5.74, 6) is 0. The van der Waals surface area contributed by atoms with Gasteiger partial charge in [0.1, 0.15) is 0 Å². The molecule has 0 saturated carbocycles. The van der Waals surface area contributed by atoms with Gasteiger partial charge in [0, 0.05) is 25.7 Å². The third-order valence-corrected chi connectivity index (χ3v) is 3.46. The molecule has 1 saturated heterocycles. The smallest absolute Gasteiger partial charge is 0.0447 e. The maximum absolute atomic E-state index is 3.53. The van der Waals surface area contributed by atoms with Crippen LogP contribution in [0.3, 0.4) is 0 Å². The van der Waals surface area contributed by atoms with Crippen molar-refractivity contribution in [1.82, 2.24) is 10.6 Å². The molecule has 2 nitrogen and oxygen atoms in total. The van der Waals surface area contributed by atoms with Crippen molar-refractivity contribution in [1.29, 1.82) is 0 Å². The van der Waals surface area contributed by atoms with E-state index in [0.717, 1.165) is 19.6 Å². The minimum Gasteiger partial charge on any atom is -0.314 e. The molecule has 0 aliphatic carbocycles. The Hall–Kier alpha value is -1.64. The highest BCUT2D eigenvalue weighted by atomic mass is 15.1. The second-order valence-corrected chi connectivity index (χ2v) is 4.70. The third kappa shape index (κ3) is 2.45. The van der Waals surface area contributed by atoms with Crippen LogP contribution in [0.1, 0.15) is 11.6 Å². The molecule has 2 N–H and O–H groups in total. The van der Waals surface area contributed by atoms with Crippen LogP contribution < -0.4 is 10.6 Å². The molecule has 2 aromatic carbocycles. The lowest BCUT2D eigenvalue weighted by atomic mass is 10.00. The molecule has 18 heavy (non-hydrogen) atoms. The van der Waals surface area contributed by atoms with Crippen LogP contribution in [0.15, 0.2) is 54.6 Å². The highest BCUT2D eigenvalue weighted by Crippen LogP contribution is 2.22. The molecule has 0 amide bonds. The largest absolute Gasteiger partial charge is 0.314 e. The van der Waals surface area contributed by atoms with E-state index in [2.05, 4.69) is 65.2 Å². The number of rotatable bonds is 2. The molecular formula is C16H18N2. The average molecular weight is 238 g/mol. The summed E-state index contributed by atoms with van der Waals surface area (Å²) in [6, 6.07) is 19.8. The molecule has 0 aromatic heterocycles. The van der Waals surface area contributed by atoms with Crippen LogP contribution in [0.4, 0.5) is 0 Å². The number of hydrogen-bond acceptors (Lipinski definition) is 2. The van der Waals surface area contributed by atoms with Gasteiger partial charge in [0.2, 0.25) is 0 Å². The zero-order chi connectivity index (χ0) is 12.2. The van der Waals surface area contributed by atoms with Gasteiger partial charge in [-0.25, -0.2) is 0 Å². The number of hydrogen-bond donors (Lipinski definition) is 2. The summed E-state index contributed by atoms with van der Waals surface area (Å²) >= 11 is 0. The van der Waals surface area contributed by atoms with E-state index in [1.54, 1.807) is 0 Å². The van der Waals surface area contributed by atoms with Crippen LogP contribution in [0.25, 0.3) is 11.1 Å². The average Bonchev–Trinajstić information content (AvgIpc) is 2.49. The zero-order valence-electron chi connectivity index (χ0n) is 10.4. The van der Waals surface area contributed by atoms with E-state index in [9.17, 15) is 0 Å². The van der Waals surface area contributed by atoms with Crippen molar-refractivity contribution >= 4 is 0 Å². The normalized spacial score (nSPS) is 19.7. The molecule has 0 spiro atoms. The second kappa shape index (κ2) is 5.34. The lowest BCUT2D eigenvalue weighted by Gasteiger charge is -2.25. The van der Waals surface area contributed by atoms with Crippen molar-refractivity contribution in [2.24, 2.45) is 0 Å². The molecule has 92 valence electrons. The van der Waals surface area contributed by atoms with E-state index < -0.39 is 0 Å². The van der Waals surface area contributed by atoms with Gasteiger partial charge in [-0.3, -0.25) is 0 Å². The molecular weight excluding hydrogens is 220 g/mol. The van der Waals surface area contributed by atoms with Gasteiger partial charge >= 0.3 is 0 Å². The summed E-state index contributed by atoms with van der Waals surface area (Å²) in [7, 11) is 0. The van der Waals surface area contributed by atoms with Crippen molar-refractivity contribution in [2.45, 2.75) is 6.04 Å². The van der Waals surface area contributed by atoms with E-state index in [4.69, 9.17) is 0 Å². The Balaban J connectivity index is 1.80. The molecule has 0 bridgehead atoms. The van der Waals surface area contributed by atoms with Gasteiger partial charge in [-0.05, 0) is 16.7 Å². The summed E-state index contributed by atoms with van der Waals surface area (Å²) in [6.45, 7) is 3.13. The first-order valence-corrected chi connectivity index (χ1v) is 6.53. The number of piperazine rings is 1. The zero-order valence-corrected chi connectivity index (χ0v) is 10.4. The van der Waals surface area contributed by atoms with Crippen LogP contribution in [0.2, 0.25) is 0 Å². The van der Waals surface area contributed by atoms with E-state index >= 15 is 0 Å².